The summed E-state index contributed by atoms with van der Waals surface area (Å²) >= 11 is 0. The summed E-state index contributed by atoms with van der Waals surface area (Å²) in [5, 5.41) is 0. The highest BCUT2D eigenvalue weighted by Gasteiger charge is 2.46. The highest BCUT2D eigenvalue weighted by Crippen LogP contribution is 2.29. The molecule has 0 unspecified atom stereocenters. The Kier molecular flexibility index (Phi) is 4.35. The van der Waals surface area contributed by atoms with E-state index in [0.717, 1.165) is 31.0 Å². The molecule has 4 heterocycles. The first-order valence-corrected chi connectivity index (χ1v) is 10.4. The summed E-state index contributed by atoms with van der Waals surface area (Å²) < 4.78 is 24.6. The molecule has 2 saturated heterocycles. The van der Waals surface area contributed by atoms with E-state index in [-0.39, 0.29) is 23.6 Å². The van der Waals surface area contributed by atoms with Crippen LogP contribution < -0.4 is 0 Å². The first-order chi connectivity index (χ1) is 12.0. The molecule has 4 rings (SSSR count). The summed E-state index contributed by atoms with van der Waals surface area (Å²) in [5.41, 5.74) is 3.23. The molecule has 2 aliphatic rings. The Balaban J connectivity index is 1.54. The van der Waals surface area contributed by atoms with E-state index in [1.54, 1.807) is 18.7 Å². The average Bonchev–Trinajstić information content (AvgIpc) is 3.13. The van der Waals surface area contributed by atoms with Gasteiger partial charge in [0.2, 0.25) is 0 Å². The molecular weight excluding hydrogens is 338 g/mol. The Bertz CT molecular complexity index is 836. The van der Waals surface area contributed by atoms with Gasteiger partial charge in [-0.2, -0.15) is 0 Å². The maximum Gasteiger partial charge on any atom is 0.153 e. The molecular formula is C17H23N5O2S. The lowest BCUT2D eigenvalue weighted by Crippen LogP contribution is -2.58. The molecule has 0 aromatic carbocycles. The second-order valence-electron chi connectivity index (χ2n) is 6.98. The van der Waals surface area contributed by atoms with Gasteiger partial charge in [-0.1, -0.05) is 0 Å². The first-order valence-electron chi connectivity index (χ1n) is 8.58. The molecule has 2 atom stereocenters. The Hall–Kier alpha value is -1.77. The summed E-state index contributed by atoms with van der Waals surface area (Å²) in [7, 11) is -3.00. The van der Waals surface area contributed by atoms with Crippen LogP contribution >= 0.6 is 0 Å². The minimum Gasteiger partial charge on any atom is -0.348 e. The largest absolute Gasteiger partial charge is 0.348 e. The molecule has 0 aliphatic carbocycles. The molecule has 1 N–H and O–H groups in total. The van der Waals surface area contributed by atoms with Crippen LogP contribution in [0, 0.1) is 6.92 Å². The van der Waals surface area contributed by atoms with Gasteiger partial charge in [0, 0.05) is 56.4 Å². The van der Waals surface area contributed by atoms with Crippen molar-refractivity contribution in [1.82, 2.24) is 24.8 Å². The lowest BCUT2D eigenvalue weighted by Gasteiger charge is -2.43. The van der Waals surface area contributed by atoms with Crippen molar-refractivity contribution in [2.75, 3.05) is 24.6 Å². The second kappa shape index (κ2) is 6.51. The van der Waals surface area contributed by atoms with Gasteiger partial charge in [-0.25, -0.2) is 13.4 Å². The molecule has 0 saturated carbocycles. The number of H-pyrrole nitrogens is 1. The zero-order valence-electron chi connectivity index (χ0n) is 14.3. The van der Waals surface area contributed by atoms with E-state index in [9.17, 15) is 8.42 Å². The number of hydrogen-bond acceptors (Lipinski definition) is 6. The highest BCUT2D eigenvalue weighted by molar-refractivity contribution is 7.91. The molecule has 2 aliphatic heterocycles. The lowest BCUT2D eigenvalue weighted by atomic mass is 10.0. The molecule has 25 heavy (non-hydrogen) atoms. The van der Waals surface area contributed by atoms with Crippen molar-refractivity contribution in [3.63, 3.8) is 0 Å². The van der Waals surface area contributed by atoms with Gasteiger partial charge in [-0.3, -0.25) is 14.8 Å². The third-order valence-electron chi connectivity index (χ3n) is 5.33. The Morgan fingerprint density at radius 1 is 1.12 bits per heavy atom. The van der Waals surface area contributed by atoms with Gasteiger partial charge in [0.15, 0.2) is 9.84 Å². The number of pyridine rings is 1. The molecule has 2 fully saturated rings. The summed E-state index contributed by atoms with van der Waals surface area (Å²) in [6, 6.07) is 4.08. The van der Waals surface area contributed by atoms with Crippen molar-refractivity contribution >= 4 is 9.84 Å². The lowest BCUT2D eigenvalue weighted by molar-refractivity contribution is 0.0347. The maximum absolute atomic E-state index is 12.3. The Labute approximate surface area is 148 Å². The fourth-order valence-electron chi connectivity index (χ4n) is 3.95. The normalized spacial score (nSPS) is 26.6. The van der Waals surface area contributed by atoms with Crippen LogP contribution in [0.1, 0.15) is 17.0 Å². The number of aromatic amines is 1. The molecule has 8 heteroatoms. The van der Waals surface area contributed by atoms with E-state index in [0.29, 0.717) is 6.54 Å². The van der Waals surface area contributed by atoms with E-state index in [1.807, 2.05) is 19.1 Å². The number of nitrogens with one attached hydrogen (secondary N) is 1. The molecule has 2 aromatic heterocycles. The van der Waals surface area contributed by atoms with E-state index >= 15 is 0 Å². The van der Waals surface area contributed by atoms with E-state index < -0.39 is 9.84 Å². The Morgan fingerprint density at radius 3 is 2.36 bits per heavy atom. The number of nitrogens with zero attached hydrogens (tertiary/aromatic N) is 4. The minimum absolute atomic E-state index is 0.0386. The maximum atomic E-state index is 12.3. The molecule has 7 nitrogen and oxygen atoms in total. The van der Waals surface area contributed by atoms with E-state index in [1.165, 1.54) is 5.56 Å². The molecule has 0 bridgehead atoms. The van der Waals surface area contributed by atoms with Gasteiger partial charge in [0.1, 0.15) is 0 Å². The van der Waals surface area contributed by atoms with Gasteiger partial charge in [-0.15, -0.1) is 0 Å². The van der Waals surface area contributed by atoms with Crippen molar-refractivity contribution in [1.29, 1.82) is 0 Å². The second-order valence-corrected chi connectivity index (χ2v) is 9.14. The summed E-state index contributed by atoms with van der Waals surface area (Å²) in [4.78, 5) is 16.2. The number of sulfone groups is 1. The van der Waals surface area contributed by atoms with Crippen LogP contribution in [0.2, 0.25) is 0 Å². The third kappa shape index (κ3) is 3.47. The fourth-order valence-corrected chi connectivity index (χ4v) is 5.99. The fraction of sp³-hybridized carbons (Fsp3) is 0.529. The molecule has 0 amide bonds. The molecule has 2 aromatic rings. The van der Waals surface area contributed by atoms with Crippen LogP contribution in [0.4, 0.5) is 0 Å². The van der Waals surface area contributed by atoms with Gasteiger partial charge in [0.05, 0.1) is 23.5 Å². The van der Waals surface area contributed by atoms with Crippen LogP contribution in [0.3, 0.4) is 0 Å². The van der Waals surface area contributed by atoms with Crippen LogP contribution in [-0.2, 0) is 22.9 Å². The average molecular weight is 361 g/mol. The molecule has 0 spiro atoms. The van der Waals surface area contributed by atoms with Crippen molar-refractivity contribution in [2.24, 2.45) is 0 Å². The quantitative estimate of drug-likeness (QED) is 0.859. The zero-order chi connectivity index (χ0) is 17.4. The summed E-state index contributed by atoms with van der Waals surface area (Å²) in [5.74, 6) is 0.493. The predicted octanol–water partition coefficient (Wildman–Crippen LogP) is 0.597. The smallest absolute Gasteiger partial charge is 0.153 e. The van der Waals surface area contributed by atoms with Gasteiger partial charge in [-0.05, 0) is 24.6 Å². The number of fused-ring (bicyclic) bond motifs is 1. The van der Waals surface area contributed by atoms with Crippen molar-refractivity contribution in [2.45, 2.75) is 32.1 Å². The Morgan fingerprint density at radius 2 is 1.76 bits per heavy atom. The number of imidazole rings is 1. The summed E-state index contributed by atoms with van der Waals surface area (Å²) in [6.07, 6.45) is 5.27. The van der Waals surface area contributed by atoms with Gasteiger partial charge in [0.25, 0.3) is 0 Å². The topological polar surface area (TPSA) is 82.2 Å². The van der Waals surface area contributed by atoms with Gasteiger partial charge < -0.3 is 4.98 Å². The van der Waals surface area contributed by atoms with Crippen molar-refractivity contribution in [3.8, 4) is 0 Å². The molecule has 0 radical (unpaired) electrons. The SMILES string of the molecule is Cc1[nH]cnc1CN1CCN(Cc2ccncc2)[C@@H]2CS(=O)(=O)C[C@@H]21. The van der Waals surface area contributed by atoms with Crippen molar-refractivity contribution < 1.29 is 8.42 Å². The zero-order valence-corrected chi connectivity index (χ0v) is 15.1. The minimum atomic E-state index is -3.00. The van der Waals surface area contributed by atoms with E-state index in [4.69, 9.17) is 0 Å². The van der Waals surface area contributed by atoms with Crippen molar-refractivity contribution in [3.05, 3.63) is 47.8 Å². The van der Waals surface area contributed by atoms with E-state index in [2.05, 4.69) is 24.8 Å². The first kappa shape index (κ1) is 16.7. The highest BCUT2D eigenvalue weighted by atomic mass is 32.2. The summed E-state index contributed by atoms with van der Waals surface area (Å²) in [6.45, 7) is 5.20. The number of aromatic nitrogens is 3. The van der Waals surface area contributed by atoms with Crippen LogP contribution in [-0.4, -0.2) is 69.8 Å². The third-order valence-corrected chi connectivity index (χ3v) is 7.03. The predicted molar refractivity (Wildman–Crippen MR) is 94.6 cm³/mol. The van der Waals surface area contributed by atoms with Crippen LogP contribution in [0.5, 0.6) is 0 Å². The van der Waals surface area contributed by atoms with Crippen LogP contribution in [0.25, 0.3) is 0 Å². The van der Waals surface area contributed by atoms with Gasteiger partial charge >= 0.3 is 0 Å². The number of hydrogen-bond donors (Lipinski definition) is 1. The standard InChI is InChI=1S/C17H23N5O2S/c1-13-15(20-12-19-13)9-22-7-6-21(8-14-2-4-18-5-3-14)16-10-25(23,24)11-17(16)22/h2-5,12,16-17H,6-11H2,1H3,(H,19,20)/t16-,17+/m1/s1. The molecule has 134 valence electrons. The number of piperazine rings is 1. The number of rotatable bonds is 4. The van der Waals surface area contributed by atoms with Crippen LogP contribution in [0.15, 0.2) is 30.9 Å². The monoisotopic (exact) mass is 361 g/mol. The number of aryl methyl sites for hydroxylation is 1.